The molecule has 1 N–H and O–H groups in total. The molecular weight excluding hydrogens is 250 g/mol. The van der Waals surface area contributed by atoms with E-state index in [2.05, 4.69) is 10.4 Å². The highest BCUT2D eigenvalue weighted by molar-refractivity contribution is 5.22. The first-order chi connectivity index (χ1) is 9.23. The Bertz CT molecular complexity index is 378. The van der Waals surface area contributed by atoms with Crippen LogP contribution < -0.4 is 0 Å². The zero-order chi connectivity index (χ0) is 14.1. The molecule has 104 valence electrons. The maximum atomic E-state index is 10.6. The molecule has 0 saturated carbocycles. The Kier molecular flexibility index (Phi) is 6.85. The lowest BCUT2D eigenvalue weighted by molar-refractivity contribution is -0.0798. The van der Waals surface area contributed by atoms with Gasteiger partial charge in [0.1, 0.15) is 6.54 Å². The van der Waals surface area contributed by atoms with Gasteiger partial charge in [0.25, 0.3) is 0 Å². The second-order valence-electron chi connectivity index (χ2n) is 4.50. The summed E-state index contributed by atoms with van der Waals surface area (Å²) in [6.07, 6.45) is 3.30. The van der Waals surface area contributed by atoms with Crippen LogP contribution in [0.15, 0.2) is 22.0 Å². The Morgan fingerprint density at radius 2 is 2.16 bits per heavy atom. The Morgan fingerprint density at radius 1 is 1.42 bits per heavy atom. The molecule has 0 spiro atoms. The molecule has 1 fully saturated rings. The van der Waals surface area contributed by atoms with Crippen molar-refractivity contribution in [3.8, 4) is 6.07 Å². The maximum Gasteiger partial charge on any atom is 0.116 e. The van der Waals surface area contributed by atoms with Gasteiger partial charge < -0.3 is 9.84 Å². The molecule has 0 amide bonds. The van der Waals surface area contributed by atoms with Crippen molar-refractivity contribution in [3.05, 3.63) is 21.5 Å². The van der Waals surface area contributed by atoms with Crippen molar-refractivity contribution in [3.63, 3.8) is 0 Å². The third-order valence-electron chi connectivity index (χ3n) is 3.07. The molecule has 0 aliphatic carbocycles. The van der Waals surface area contributed by atoms with Crippen LogP contribution in [-0.4, -0.2) is 36.5 Å². The van der Waals surface area contributed by atoms with Crippen LogP contribution in [0.2, 0.25) is 0 Å². The van der Waals surface area contributed by atoms with E-state index in [0.717, 1.165) is 0 Å². The molecule has 0 radical (unpaired) electrons. The first kappa shape index (κ1) is 15.4. The number of nitroso groups, excluding NO2 is 2. The fraction of sp³-hybridized carbons (Fsp3) is 0.750. The summed E-state index contributed by atoms with van der Waals surface area (Å²) in [7, 11) is 0. The maximum absolute atomic E-state index is 10.6. The minimum Gasteiger partial charge on any atom is -0.394 e. The van der Waals surface area contributed by atoms with Gasteiger partial charge in [0.2, 0.25) is 0 Å². The number of nitriles is 1. The zero-order valence-electron chi connectivity index (χ0n) is 10.6. The van der Waals surface area contributed by atoms with E-state index in [-0.39, 0.29) is 31.4 Å². The van der Waals surface area contributed by atoms with E-state index in [1.165, 1.54) is 0 Å². The molecule has 1 rings (SSSR count). The first-order valence-corrected chi connectivity index (χ1v) is 6.20. The van der Waals surface area contributed by atoms with Gasteiger partial charge in [-0.15, -0.1) is 0 Å². The number of aliphatic hydroxyl groups is 1. The summed E-state index contributed by atoms with van der Waals surface area (Å²) in [4.78, 5) is 20.7. The normalized spacial score (nSPS) is 27.6. The minimum absolute atomic E-state index is 0.125. The minimum atomic E-state index is -0.350. The third kappa shape index (κ3) is 5.24. The highest BCUT2D eigenvalue weighted by Gasteiger charge is 2.29. The second kappa shape index (κ2) is 8.45. The number of allylic oxidation sites excluding steroid dienone is 1. The fourth-order valence-corrected chi connectivity index (χ4v) is 2.13. The lowest BCUT2D eigenvalue weighted by Crippen LogP contribution is -2.36. The highest BCUT2D eigenvalue weighted by Crippen LogP contribution is 2.24. The number of ether oxygens (including phenoxy) is 1. The van der Waals surface area contributed by atoms with E-state index in [1.807, 2.05) is 6.07 Å². The van der Waals surface area contributed by atoms with Gasteiger partial charge in [-0.25, -0.2) is 0 Å². The number of aliphatic hydroxyl groups excluding tert-OH is 1. The standard InChI is InChI=1S/C12H17N3O4/c13-6-9(7-14-17)2-1-3-11-4-10(15-18)5-12(8-16)19-11/h2,10-12,16H,1,3-5,7-8H2/b9-2+. The molecule has 19 heavy (non-hydrogen) atoms. The Labute approximate surface area is 111 Å². The van der Waals surface area contributed by atoms with Gasteiger partial charge >= 0.3 is 0 Å². The average Bonchev–Trinajstić information content (AvgIpc) is 2.45. The third-order valence-corrected chi connectivity index (χ3v) is 3.07. The molecule has 0 aromatic rings. The number of rotatable bonds is 7. The summed E-state index contributed by atoms with van der Waals surface area (Å²) in [5, 5.41) is 23.5. The topological polar surface area (TPSA) is 112 Å². The molecule has 1 aliphatic heterocycles. The van der Waals surface area contributed by atoms with E-state index < -0.39 is 0 Å². The smallest absolute Gasteiger partial charge is 0.116 e. The van der Waals surface area contributed by atoms with Crippen LogP contribution in [0, 0.1) is 21.1 Å². The largest absolute Gasteiger partial charge is 0.394 e. The van der Waals surface area contributed by atoms with Crippen molar-refractivity contribution in [1.29, 1.82) is 5.26 Å². The molecular formula is C12H17N3O4. The van der Waals surface area contributed by atoms with Gasteiger partial charge in [0, 0.05) is 6.42 Å². The summed E-state index contributed by atoms with van der Waals surface area (Å²) in [5.74, 6) is 0. The van der Waals surface area contributed by atoms with Gasteiger partial charge in [0.15, 0.2) is 0 Å². The van der Waals surface area contributed by atoms with Crippen LogP contribution in [0.3, 0.4) is 0 Å². The average molecular weight is 267 g/mol. The van der Waals surface area contributed by atoms with Crippen LogP contribution in [0.25, 0.3) is 0 Å². The molecule has 0 aromatic carbocycles. The lowest BCUT2D eigenvalue weighted by atomic mass is 9.96. The molecule has 0 bridgehead atoms. The number of hydrogen-bond acceptors (Lipinski definition) is 7. The Hall–Kier alpha value is -1.65. The molecule has 0 aromatic heterocycles. The van der Waals surface area contributed by atoms with Crippen molar-refractivity contribution >= 4 is 0 Å². The zero-order valence-corrected chi connectivity index (χ0v) is 10.6. The molecule has 3 unspecified atom stereocenters. The van der Waals surface area contributed by atoms with Crippen LogP contribution in [0.4, 0.5) is 0 Å². The van der Waals surface area contributed by atoms with Gasteiger partial charge in [-0.05, 0) is 19.3 Å². The van der Waals surface area contributed by atoms with E-state index in [4.69, 9.17) is 15.1 Å². The summed E-state index contributed by atoms with van der Waals surface area (Å²) in [5.41, 5.74) is 0.328. The van der Waals surface area contributed by atoms with Crippen LogP contribution >= 0.6 is 0 Å². The summed E-state index contributed by atoms with van der Waals surface area (Å²) < 4.78 is 5.60. The lowest BCUT2D eigenvalue weighted by Gasteiger charge is -2.31. The van der Waals surface area contributed by atoms with Crippen LogP contribution in [0.5, 0.6) is 0 Å². The number of nitrogens with zero attached hydrogens (tertiary/aromatic N) is 3. The second-order valence-corrected chi connectivity index (χ2v) is 4.50. The molecule has 1 aliphatic rings. The van der Waals surface area contributed by atoms with Crippen LogP contribution in [-0.2, 0) is 4.74 Å². The van der Waals surface area contributed by atoms with Crippen molar-refractivity contribution in [2.45, 2.75) is 43.9 Å². The van der Waals surface area contributed by atoms with E-state index in [9.17, 15) is 9.81 Å². The van der Waals surface area contributed by atoms with Crippen molar-refractivity contribution < 1.29 is 9.84 Å². The van der Waals surface area contributed by atoms with Gasteiger partial charge in [-0.2, -0.15) is 15.1 Å². The van der Waals surface area contributed by atoms with Gasteiger partial charge in [-0.3, -0.25) is 0 Å². The number of hydrogen-bond donors (Lipinski definition) is 1. The van der Waals surface area contributed by atoms with E-state index >= 15 is 0 Å². The predicted molar refractivity (Wildman–Crippen MR) is 68.2 cm³/mol. The fourth-order valence-electron chi connectivity index (χ4n) is 2.13. The Balaban J connectivity index is 2.45. The summed E-state index contributed by atoms with van der Waals surface area (Å²) >= 11 is 0. The predicted octanol–water partition coefficient (Wildman–Crippen LogP) is 1.66. The quantitative estimate of drug-likeness (QED) is 0.556. The molecule has 1 saturated heterocycles. The molecule has 1 heterocycles. The molecule has 7 heteroatoms. The van der Waals surface area contributed by atoms with E-state index in [0.29, 0.717) is 31.3 Å². The monoisotopic (exact) mass is 267 g/mol. The highest BCUT2D eigenvalue weighted by atomic mass is 16.5. The van der Waals surface area contributed by atoms with Crippen molar-refractivity contribution in [2.24, 2.45) is 10.4 Å². The van der Waals surface area contributed by atoms with Crippen molar-refractivity contribution in [2.75, 3.05) is 13.2 Å². The first-order valence-electron chi connectivity index (χ1n) is 6.20. The van der Waals surface area contributed by atoms with E-state index in [1.54, 1.807) is 6.08 Å². The summed E-state index contributed by atoms with van der Waals surface area (Å²) in [6.45, 7) is -0.253. The SMILES string of the molecule is N#C/C(=C\CCC1CC(N=O)CC(CO)O1)CN=O. The Morgan fingerprint density at radius 3 is 2.74 bits per heavy atom. The molecule has 7 nitrogen and oxygen atoms in total. The summed E-state index contributed by atoms with van der Waals surface area (Å²) in [6, 6.07) is 1.57. The van der Waals surface area contributed by atoms with Gasteiger partial charge in [0.05, 0.1) is 36.5 Å². The van der Waals surface area contributed by atoms with Crippen LogP contribution in [0.1, 0.15) is 25.7 Å². The molecule has 3 atom stereocenters. The van der Waals surface area contributed by atoms with Gasteiger partial charge in [-0.1, -0.05) is 16.4 Å². The van der Waals surface area contributed by atoms with Crippen molar-refractivity contribution in [1.82, 2.24) is 0 Å².